The molecule has 3 saturated heterocycles. The van der Waals surface area contributed by atoms with Crippen molar-refractivity contribution in [2.24, 2.45) is 11.8 Å². The van der Waals surface area contributed by atoms with E-state index in [1.165, 1.54) is 24.3 Å². The number of rotatable bonds is 3. The summed E-state index contributed by atoms with van der Waals surface area (Å²) in [7, 11) is 0. The molecule has 33 heavy (non-hydrogen) atoms. The number of nitro groups is 1. The average Bonchev–Trinajstić information content (AvgIpc) is 3.52. The van der Waals surface area contributed by atoms with Gasteiger partial charge in [0.1, 0.15) is 5.54 Å². The van der Waals surface area contributed by atoms with Crippen LogP contribution in [-0.2, 0) is 26.3 Å². The van der Waals surface area contributed by atoms with Crippen LogP contribution in [0.1, 0.15) is 30.9 Å². The molecule has 0 radical (unpaired) electrons. The van der Waals surface area contributed by atoms with Gasteiger partial charge in [-0.1, -0.05) is 25.1 Å². The lowest BCUT2D eigenvalue weighted by Gasteiger charge is -2.36. The minimum absolute atomic E-state index is 0.118. The Morgan fingerprint density at radius 1 is 1.12 bits per heavy atom. The van der Waals surface area contributed by atoms with Gasteiger partial charge in [-0.25, -0.2) is 4.90 Å². The van der Waals surface area contributed by atoms with Crippen LogP contribution in [0.25, 0.3) is 0 Å². The van der Waals surface area contributed by atoms with Crippen LogP contribution in [0, 0.1) is 22.0 Å². The number of nitrogens with one attached hydrogen (secondary N) is 1. The third-order valence-electron chi connectivity index (χ3n) is 7.81. The van der Waals surface area contributed by atoms with Crippen LogP contribution in [0.3, 0.4) is 0 Å². The number of anilines is 2. The van der Waals surface area contributed by atoms with Gasteiger partial charge in [0.25, 0.3) is 5.69 Å². The van der Waals surface area contributed by atoms with Gasteiger partial charge in [0.15, 0.2) is 0 Å². The fourth-order valence-electron chi connectivity index (χ4n) is 6.56. The SMILES string of the molecule is CCc1cccc2c1NC(=O)[C@@]21[C@H]2C(=O)N(c3ccc([N+](=O)[O-])cc3)C(=O)[C@@H]2[C@H]2CCCN21. The molecule has 2 aromatic rings. The van der Waals surface area contributed by atoms with Crippen LogP contribution < -0.4 is 10.2 Å². The molecule has 9 heteroatoms. The van der Waals surface area contributed by atoms with Crippen molar-refractivity contribution < 1.29 is 19.3 Å². The molecule has 0 aliphatic carbocycles. The Balaban J connectivity index is 1.51. The molecule has 0 aromatic heterocycles. The first-order chi connectivity index (χ1) is 15.9. The number of hydrogen-bond donors (Lipinski definition) is 1. The van der Waals surface area contributed by atoms with Crippen LogP contribution in [0.5, 0.6) is 0 Å². The molecule has 168 valence electrons. The lowest BCUT2D eigenvalue weighted by molar-refractivity contribution is -0.384. The number of nitrogens with zero attached hydrogens (tertiary/aromatic N) is 3. The van der Waals surface area contributed by atoms with E-state index < -0.39 is 28.2 Å². The number of carbonyl (C=O) groups excluding carboxylic acids is 3. The van der Waals surface area contributed by atoms with Crippen molar-refractivity contribution >= 4 is 34.8 Å². The summed E-state index contributed by atoms with van der Waals surface area (Å²) >= 11 is 0. The maximum absolute atomic E-state index is 13.9. The summed E-state index contributed by atoms with van der Waals surface area (Å²) in [6.07, 6.45) is 2.33. The van der Waals surface area contributed by atoms with E-state index in [-0.39, 0.29) is 23.5 Å². The highest BCUT2D eigenvalue weighted by Crippen LogP contribution is 2.61. The Bertz CT molecular complexity index is 1240. The Morgan fingerprint density at radius 2 is 1.88 bits per heavy atom. The van der Waals surface area contributed by atoms with Crippen LogP contribution >= 0.6 is 0 Å². The average molecular weight is 446 g/mol. The number of nitro benzene ring substituents is 1. The molecule has 0 bridgehead atoms. The van der Waals surface area contributed by atoms with Crippen molar-refractivity contribution in [1.82, 2.24) is 4.90 Å². The lowest BCUT2D eigenvalue weighted by Crippen LogP contribution is -2.54. The van der Waals surface area contributed by atoms with E-state index in [2.05, 4.69) is 10.2 Å². The maximum atomic E-state index is 13.9. The Hall–Kier alpha value is -3.59. The van der Waals surface area contributed by atoms with Gasteiger partial charge >= 0.3 is 0 Å². The fraction of sp³-hybridized carbons (Fsp3) is 0.375. The first kappa shape index (κ1) is 20.0. The molecule has 4 heterocycles. The molecule has 9 nitrogen and oxygen atoms in total. The minimum Gasteiger partial charge on any atom is -0.324 e. The smallest absolute Gasteiger partial charge is 0.269 e. The second kappa shape index (κ2) is 6.71. The first-order valence-electron chi connectivity index (χ1n) is 11.2. The summed E-state index contributed by atoms with van der Waals surface area (Å²) in [5.74, 6) is -2.46. The van der Waals surface area contributed by atoms with Gasteiger partial charge < -0.3 is 5.32 Å². The summed E-state index contributed by atoms with van der Waals surface area (Å²) in [4.78, 5) is 55.0. The van der Waals surface area contributed by atoms with Crippen molar-refractivity contribution in [3.8, 4) is 0 Å². The van der Waals surface area contributed by atoms with E-state index in [0.717, 1.165) is 41.0 Å². The number of amides is 3. The summed E-state index contributed by atoms with van der Waals surface area (Å²) in [5, 5.41) is 14.1. The third kappa shape index (κ3) is 2.32. The van der Waals surface area contributed by atoms with Gasteiger partial charge in [-0.3, -0.25) is 29.4 Å². The van der Waals surface area contributed by atoms with Gasteiger partial charge in [0, 0.05) is 29.4 Å². The van der Waals surface area contributed by atoms with Crippen LogP contribution in [0.2, 0.25) is 0 Å². The Morgan fingerprint density at radius 3 is 2.58 bits per heavy atom. The predicted molar refractivity (Wildman–Crippen MR) is 118 cm³/mol. The zero-order chi connectivity index (χ0) is 23.1. The molecule has 4 aliphatic rings. The highest BCUT2D eigenvalue weighted by atomic mass is 16.6. The van der Waals surface area contributed by atoms with Gasteiger partial charge in [-0.15, -0.1) is 0 Å². The molecule has 1 N–H and O–H groups in total. The van der Waals surface area contributed by atoms with E-state index in [9.17, 15) is 24.5 Å². The predicted octanol–water partition coefficient (Wildman–Crippen LogP) is 2.59. The van der Waals surface area contributed by atoms with Crippen molar-refractivity contribution in [3.63, 3.8) is 0 Å². The quantitative estimate of drug-likeness (QED) is 0.441. The molecule has 3 amide bonds. The zero-order valence-electron chi connectivity index (χ0n) is 18.0. The monoisotopic (exact) mass is 446 g/mol. The molecule has 6 rings (SSSR count). The van der Waals surface area contributed by atoms with Gasteiger partial charge in [0.05, 0.1) is 22.4 Å². The van der Waals surface area contributed by atoms with Crippen LogP contribution in [0.4, 0.5) is 17.1 Å². The van der Waals surface area contributed by atoms with Crippen LogP contribution in [0.15, 0.2) is 42.5 Å². The number of para-hydroxylation sites is 1. The maximum Gasteiger partial charge on any atom is 0.269 e. The highest BCUT2D eigenvalue weighted by molar-refractivity contribution is 6.26. The summed E-state index contributed by atoms with van der Waals surface area (Å²) in [6, 6.07) is 11.0. The Kier molecular flexibility index (Phi) is 4.08. The molecule has 3 fully saturated rings. The fourth-order valence-corrected chi connectivity index (χ4v) is 6.56. The van der Waals surface area contributed by atoms with E-state index in [4.69, 9.17) is 0 Å². The number of imide groups is 1. The molecule has 4 aliphatic heterocycles. The molecular formula is C24H22N4O5. The second-order valence-electron chi connectivity index (χ2n) is 9.11. The number of aryl methyl sites for hydroxylation is 1. The van der Waals surface area contributed by atoms with E-state index in [1.807, 2.05) is 25.1 Å². The molecule has 0 unspecified atom stereocenters. The molecule has 4 atom stereocenters. The van der Waals surface area contributed by atoms with E-state index in [1.54, 1.807) is 0 Å². The van der Waals surface area contributed by atoms with Crippen molar-refractivity contribution in [3.05, 3.63) is 63.7 Å². The first-order valence-corrected chi connectivity index (χ1v) is 11.2. The van der Waals surface area contributed by atoms with Gasteiger partial charge in [0.2, 0.25) is 17.7 Å². The standard InChI is InChI=1S/C24H22N4O5/c1-2-13-5-3-6-16-20(13)25-23(31)24(16)19-18(17-7-4-12-26(17)24)21(29)27(22(19)30)14-8-10-15(11-9-14)28(32)33/h3,5-6,8-11,17-19H,2,4,7,12H2,1H3,(H,25,31)/t17-,18-,19-,24+/m1/s1. The number of carbonyl (C=O) groups is 3. The molecule has 2 aromatic carbocycles. The number of fused-ring (bicyclic) bond motifs is 7. The number of hydrogen-bond acceptors (Lipinski definition) is 6. The zero-order valence-corrected chi connectivity index (χ0v) is 18.0. The van der Waals surface area contributed by atoms with Crippen molar-refractivity contribution in [1.29, 1.82) is 0 Å². The summed E-state index contributed by atoms with van der Waals surface area (Å²) in [5.41, 5.74) is 1.50. The number of benzene rings is 2. The molecule has 1 spiro atoms. The molecular weight excluding hydrogens is 424 g/mol. The summed E-state index contributed by atoms with van der Waals surface area (Å²) < 4.78 is 0. The minimum atomic E-state index is -1.21. The van der Waals surface area contributed by atoms with Crippen molar-refractivity contribution in [2.45, 2.75) is 37.8 Å². The van der Waals surface area contributed by atoms with E-state index >= 15 is 0 Å². The second-order valence-corrected chi connectivity index (χ2v) is 9.11. The van der Waals surface area contributed by atoms with Crippen molar-refractivity contribution in [2.75, 3.05) is 16.8 Å². The third-order valence-corrected chi connectivity index (χ3v) is 7.81. The number of non-ortho nitro benzene ring substituents is 1. The largest absolute Gasteiger partial charge is 0.324 e. The summed E-state index contributed by atoms with van der Waals surface area (Å²) in [6.45, 7) is 2.67. The Labute approximate surface area is 189 Å². The van der Waals surface area contributed by atoms with Crippen LogP contribution in [-0.4, -0.2) is 40.1 Å². The van der Waals surface area contributed by atoms with E-state index in [0.29, 0.717) is 12.2 Å². The highest BCUT2D eigenvalue weighted by Gasteiger charge is 2.74. The molecule has 0 saturated carbocycles. The van der Waals surface area contributed by atoms with Gasteiger partial charge in [-0.2, -0.15) is 0 Å². The lowest BCUT2D eigenvalue weighted by atomic mass is 9.75. The topological polar surface area (TPSA) is 113 Å². The van der Waals surface area contributed by atoms with Gasteiger partial charge in [-0.05, 0) is 43.5 Å². The normalized spacial score (nSPS) is 30.0.